The number of carbonyl (C=O) groups excluding carboxylic acids is 1. The fraction of sp³-hybridized carbons (Fsp3) is 0.389. The lowest BCUT2D eigenvalue weighted by Crippen LogP contribution is -2.32. The van der Waals surface area contributed by atoms with E-state index in [0.717, 1.165) is 5.56 Å². The monoisotopic (exact) mass is 391 g/mol. The molecule has 1 amide bonds. The number of amides is 1. The first kappa shape index (κ1) is 18.7. The maximum Gasteiger partial charge on any atom is 0.263 e. The molecule has 6 nitrogen and oxygen atoms in total. The normalized spacial score (nSPS) is 11.2. The molecule has 26 heavy (non-hydrogen) atoms. The fourth-order valence-electron chi connectivity index (χ4n) is 2.80. The Labute approximate surface area is 159 Å². The molecule has 0 atom stereocenters. The molecule has 138 valence electrons. The molecule has 0 spiro atoms. The lowest BCUT2D eigenvalue weighted by molar-refractivity contribution is -0.127. The summed E-state index contributed by atoms with van der Waals surface area (Å²) in [6.45, 7) is 7.68. The van der Waals surface area contributed by atoms with Crippen molar-refractivity contribution >= 4 is 39.2 Å². The van der Waals surface area contributed by atoms with Gasteiger partial charge >= 0.3 is 0 Å². The van der Waals surface area contributed by atoms with Gasteiger partial charge in [0.15, 0.2) is 5.16 Å². The van der Waals surface area contributed by atoms with Crippen molar-refractivity contribution in [2.24, 2.45) is 0 Å². The summed E-state index contributed by atoms with van der Waals surface area (Å²) in [4.78, 5) is 32.4. The van der Waals surface area contributed by atoms with Gasteiger partial charge in [-0.25, -0.2) is 4.98 Å². The predicted octanol–water partition coefficient (Wildman–Crippen LogP) is 3.70. The number of rotatable bonds is 7. The molecule has 0 radical (unpaired) electrons. The molecule has 0 fully saturated rings. The average Bonchev–Trinajstić information content (AvgIpc) is 3.30. The highest BCUT2D eigenvalue weighted by molar-refractivity contribution is 7.99. The molecule has 0 aliphatic rings. The number of aromatic nitrogens is 2. The molecule has 0 aliphatic heterocycles. The van der Waals surface area contributed by atoms with Crippen molar-refractivity contribution in [3.05, 3.63) is 34.1 Å². The Morgan fingerprint density at radius 3 is 2.73 bits per heavy atom. The standard InChI is InChI=1S/C18H21N3O3S2/c1-4-20(5-2)14(22)11-26-18-19-16-15(17(23)21(18)6-3)12(10-25-16)13-8-7-9-24-13/h7-10H,4-6,11H2,1-3H3. The smallest absolute Gasteiger partial charge is 0.263 e. The second-order valence-corrected chi connectivity index (χ2v) is 7.41. The summed E-state index contributed by atoms with van der Waals surface area (Å²) in [5.74, 6) is 0.991. The molecule has 3 heterocycles. The van der Waals surface area contributed by atoms with Crippen LogP contribution in [-0.4, -0.2) is 39.2 Å². The van der Waals surface area contributed by atoms with E-state index >= 15 is 0 Å². The predicted molar refractivity (Wildman–Crippen MR) is 106 cm³/mol. The second kappa shape index (κ2) is 8.09. The van der Waals surface area contributed by atoms with Gasteiger partial charge in [-0.05, 0) is 32.9 Å². The van der Waals surface area contributed by atoms with Crippen molar-refractivity contribution in [1.29, 1.82) is 0 Å². The minimum absolute atomic E-state index is 0.0550. The van der Waals surface area contributed by atoms with E-state index in [1.807, 2.05) is 32.2 Å². The van der Waals surface area contributed by atoms with E-state index in [4.69, 9.17) is 4.42 Å². The molecule has 3 aromatic heterocycles. The van der Waals surface area contributed by atoms with Crippen LogP contribution in [0.1, 0.15) is 20.8 Å². The second-order valence-electron chi connectivity index (χ2n) is 5.61. The van der Waals surface area contributed by atoms with Crippen LogP contribution in [0.2, 0.25) is 0 Å². The highest BCUT2D eigenvalue weighted by atomic mass is 32.2. The van der Waals surface area contributed by atoms with Crippen LogP contribution < -0.4 is 5.56 Å². The van der Waals surface area contributed by atoms with Crippen LogP contribution in [0.4, 0.5) is 0 Å². The zero-order chi connectivity index (χ0) is 18.7. The van der Waals surface area contributed by atoms with Crippen LogP contribution in [0.15, 0.2) is 38.1 Å². The van der Waals surface area contributed by atoms with Crippen LogP contribution in [0.3, 0.4) is 0 Å². The first-order chi connectivity index (χ1) is 12.6. The summed E-state index contributed by atoms with van der Waals surface area (Å²) >= 11 is 2.73. The summed E-state index contributed by atoms with van der Waals surface area (Å²) in [6.07, 6.45) is 1.59. The molecule has 3 rings (SSSR count). The Morgan fingerprint density at radius 2 is 2.12 bits per heavy atom. The zero-order valence-electron chi connectivity index (χ0n) is 15.0. The third-order valence-corrected chi connectivity index (χ3v) is 6.04. The lowest BCUT2D eigenvalue weighted by atomic mass is 10.2. The Hall–Kier alpha value is -2.06. The number of thioether (sulfide) groups is 1. The SMILES string of the molecule is CCN(CC)C(=O)CSc1nc2scc(-c3ccco3)c2c(=O)n1CC. The van der Waals surface area contributed by atoms with Gasteiger partial charge in [-0.2, -0.15) is 0 Å². The van der Waals surface area contributed by atoms with Gasteiger partial charge in [-0.3, -0.25) is 14.2 Å². The van der Waals surface area contributed by atoms with Gasteiger partial charge < -0.3 is 9.32 Å². The first-order valence-corrected chi connectivity index (χ1v) is 10.4. The maximum absolute atomic E-state index is 13.0. The number of hydrogen-bond donors (Lipinski definition) is 0. The summed E-state index contributed by atoms with van der Waals surface area (Å²) in [7, 11) is 0. The molecule has 0 bridgehead atoms. The van der Waals surface area contributed by atoms with Gasteiger partial charge in [0.25, 0.3) is 5.56 Å². The minimum Gasteiger partial charge on any atom is -0.464 e. The topological polar surface area (TPSA) is 68.3 Å². The third kappa shape index (κ3) is 3.43. The van der Waals surface area contributed by atoms with Gasteiger partial charge in [0, 0.05) is 30.6 Å². The van der Waals surface area contributed by atoms with Gasteiger partial charge in [0.1, 0.15) is 10.6 Å². The third-order valence-electron chi connectivity index (χ3n) is 4.20. The Balaban J connectivity index is 1.97. The zero-order valence-corrected chi connectivity index (χ0v) is 16.7. The fourth-order valence-corrected chi connectivity index (χ4v) is 4.74. The van der Waals surface area contributed by atoms with E-state index in [2.05, 4.69) is 4.98 Å². The number of carbonyl (C=O) groups is 1. The van der Waals surface area contributed by atoms with E-state index in [1.54, 1.807) is 21.8 Å². The summed E-state index contributed by atoms with van der Waals surface area (Å²) in [5, 5.41) is 3.05. The highest BCUT2D eigenvalue weighted by Gasteiger charge is 2.19. The van der Waals surface area contributed by atoms with Crippen LogP contribution in [0.25, 0.3) is 21.5 Å². The highest BCUT2D eigenvalue weighted by Crippen LogP contribution is 2.32. The number of thiophene rings is 1. The van der Waals surface area contributed by atoms with Crippen molar-refractivity contribution in [2.45, 2.75) is 32.5 Å². The van der Waals surface area contributed by atoms with Crippen LogP contribution in [-0.2, 0) is 11.3 Å². The molecule has 0 N–H and O–H groups in total. The Morgan fingerprint density at radius 1 is 1.35 bits per heavy atom. The molecule has 0 aliphatic carbocycles. The average molecular weight is 392 g/mol. The van der Waals surface area contributed by atoms with Gasteiger partial charge in [0.05, 0.1) is 17.4 Å². The Bertz CT molecular complexity index is 956. The molecule has 0 unspecified atom stereocenters. The van der Waals surface area contributed by atoms with Gasteiger partial charge in [-0.1, -0.05) is 11.8 Å². The van der Waals surface area contributed by atoms with Gasteiger partial charge in [0.2, 0.25) is 5.91 Å². The van der Waals surface area contributed by atoms with Crippen LogP contribution in [0, 0.1) is 0 Å². The van der Waals surface area contributed by atoms with E-state index in [9.17, 15) is 9.59 Å². The molecule has 0 saturated heterocycles. The van der Waals surface area contributed by atoms with Crippen molar-refractivity contribution in [3.63, 3.8) is 0 Å². The summed E-state index contributed by atoms with van der Waals surface area (Å²) in [5.41, 5.74) is 0.674. The molecular formula is C18H21N3O3S2. The first-order valence-electron chi connectivity index (χ1n) is 8.57. The van der Waals surface area contributed by atoms with E-state index in [-0.39, 0.29) is 17.2 Å². The van der Waals surface area contributed by atoms with E-state index in [1.165, 1.54) is 23.1 Å². The molecule has 8 heteroatoms. The summed E-state index contributed by atoms with van der Waals surface area (Å²) in [6, 6.07) is 3.64. The minimum atomic E-state index is -0.0945. The molecule has 0 aromatic carbocycles. The lowest BCUT2D eigenvalue weighted by Gasteiger charge is -2.18. The van der Waals surface area contributed by atoms with Crippen LogP contribution >= 0.6 is 23.1 Å². The van der Waals surface area contributed by atoms with Crippen molar-refractivity contribution in [2.75, 3.05) is 18.8 Å². The molecular weight excluding hydrogens is 370 g/mol. The van der Waals surface area contributed by atoms with E-state index in [0.29, 0.717) is 40.8 Å². The molecule has 0 saturated carbocycles. The number of fused-ring (bicyclic) bond motifs is 1. The number of hydrogen-bond acceptors (Lipinski definition) is 6. The number of furan rings is 1. The van der Waals surface area contributed by atoms with E-state index < -0.39 is 0 Å². The summed E-state index contributed by atoms with van der Waals surface area (Å²) < 4.78 is 7.08. The Kier molecular flexibility index (Phi) is 5.83. The van der Waals surface area contributed by atoms with Crippen LogP contribution in [0.5, 0.6) is 0 Å². The molecule has 3 aromatic rings. The maximum atomic E-state index is 13.0. The number of nitrogens with zero attached hydrogens (tertiary/aromatic N) is 3. The van der Waals surface area contributed by atoms with Crippen molar-refractivity contribution in [3.8, 4) is 11.3 Å². The van der Waals surface area contributed by atoms with Crippen molar-refractivity contribution < 1.29 is 9.21 Å². The largest absolute Gasteiger partial charge is 0.464 e. The quantitative estimate of drug-likeness (QED) is 0.454. The van der Waals surface area contributed by atoms with Crippen molar-refractivity contribution in [1.82, 2.24) is 14.5 Å². The van der Waals surface area contributed by atoms with Gasteiger partial charge in [-0.15, -0.1) is 11.3 Å².